The molecule has 2 rings (SSSR count). The molecule has 2 fully saturated rings. The molecular weight excluding hydrogens is 408 g/mol. The van der Waals surface area contributed by atoms with Gasteiger partial charge in [0.2, 0.25) is 0 Å². The summed E-state index contributed by atoms with van der Waals surface area (Å²) >= 11 is 0. The zero-order chi connectivity index (χ0) is 23.9. The van der Waals surface area contributed by atoms with Crippen molar-refractivity contribution in [1.82, 2.24) is 0 Å². The fraction of sp³-hybridized carbons (Fsp3) is 1.00. The Morgan fingerprint density at radius 2 is 0.806 bits per heavy atom. The zero-order valence-corrected chi connectivity index (χ0v) is 25.6. The molecular formula is C28H58OSi2. The lowest BCUT2D eigenvalue weighted by Crippen LogP contribution is -2.72. The summed E-state index contributed by atoms with van der Waals surface area (Å²) in [7, 11) is -3.48. The Hall–Kier alpha value is 0.394. The first-order valence-electron chi connectivity index (χ1n) is 13.7. The van der Waals surface area contributed by atoms with Crippen LogP contribution in [0.2, 0.25) is 36.3 Å². The van der Waals surface area contributed by atoms with Crippen LogP contribution in [0.1, 0.15) is 120 Å². The fourth-order valence-corrected chi connectivity index (χ4v) is 16.4. The highest BCUT2D eigenvalue weighted by atomic mass is 28.3. The van der Waals surface area contributed by atoms with Gasteiger partial charge < -0.3 is 4.74 Å². The van der Waals surface area contributed by atoms with E-state index in [2.05, 4.69) is 81.6 Å². The molecule has 0 bridgehead atoms. The van der Waals surface area contributed by atoms with E-state index in [-0.39, 0.29) is 10.4 Å². The Morgan fingerprint density at radius 1 is 0.548 bits per heavy atom. The summed E-state index contributed by atoms with van der Waals surface area (Å²) in [6, 6.07) is 0. The minimum atomic E-state index is -1.74. The molecule has 0 unspecified atom stereocenters. The molecule has 0 aromatic rings. The lowest BCUT2D eigenvalue weighted by molar-refractivity contribution is -0.116. The van der Waals surface area contributed by atoms with Crippen LogP contribution in [0.3, 0.4) is 0 Å². The molecule has 2 aliphatic rings. The topological polar surface area (TPSA) is 9.23 Å². The Labute approximate surface area is 198 Å². The van der Waals surface area contributed by atoms with Crippen LogP contribution < -0.4 is 0 Å². The third-order valence-electron chi connectivity index (χ3n) is 12.1. The van der Waals surface area contributed by atoms with Crippen LogP contribution in [0.15, 0.2) is 0 Å². The lowest BCUT2D eigenvalue weighted by atomic mass is 9.93. The van der Waals surface area contributed by atoms with Crippen LogP contribution >= 0.6 is 0 Å². The second-order valence-electron chi connectivity index (χ2n) is 14.2. The van der Waals surface area contributed by atoms with E-state index in [1.165, 1.54) is 64.2 Å². The molecule has 0 saturated heterocycles. The number of ether oxygens (including phenoxy) is 1. The molecule has 0 amide bonds. The highest BCUT2D eigenvalue weighted by molar-refractivity contribution is 6.84. The zero-order valence-electron chi connectivity index (χ0n) is 23.6. The van der Waals surface area contributed by atoms with Gasteiger partial charge in [-0.05, 0) is 47.6 Å². The molecule has 31 heavy (non-hydrogen) atoms. The minimum absolute atomic E-state index is 0.147. The Morgan fingerprint density at radius 3 is 1.03 bits per heavy atom. The van der Waals surface area contributed by atoms with Crippen molar-refractivity contribution in [2.75, 3.05) is 0 Å². The van der Waals surface area contributed by atoms with Gasteiger partial charge in [0.1, 0.15) is 0 Å². The molecule has 2 aliphatic carbocycles. The van der Waals surface area contributed by atoms with Crippen LogP contribution in [-0.2, 0) is 4.74 Å². The number of hydrogen-bond acceptors (Lipinski definition) is 1. The molecule has 0 atom stereocenters. The molecule has 2 saturated carbocycles. The van der Waals surface area contributed by atoms with Crippen molar-refractivity contribution in [1.29, 1.82) is 0 Å². The van der Waals surface area contributed by atoms with E-state index in [0.29, 0.717) is 21.9 Å². The van der Waals surface area contributed by atoms with E-state index >= 15 is 0 Å². The van der Waals surface area contributed by atoms with Crippen molar-refractivity contribution in [3.8, 4) is 0 Å². The van der Waals surface area contributed by atoms with Crippen molar-refractivity contribution in [3.63, 3.8) is 0 Å². The van der Waals surface area contributed by atoms with Crippen molar-refractivity contribution in [3.05, 3.63) is 0 Å². The van der Waals surface area contributed by atoms with Crippen LogP contribution in [-0.4, -0.2) is 26.6 Å². The first kappa shape index (κ1) is 27.6. The molecule has 0 radical (unpaired) electrons. The van der Waals surface area contributed by atoms with Gasteiger partial charge in [-0.25, -0.2) is 0 Å². The van der Waals surface area contributed by atoms with Gasteiger partial charge in [0.05, 0.1) is 26.6 Å². The largest absolute Gasteiger partial charge is 0.375 e. The van der Waals surface area contributed by atoms with Gasteiger partial charge in [-0.15, -0.1) is 0 Å². The molecule has 1 nitrogen and oxygen atoms in total. The molecule has 184 valence electrons. The molecule has 0 aliphatic heterocycles. The summed E-state index contributed by atoms with van der Waals surface area (Å²) in [6.45, 7) is 31.0. The molecule has 0 aromatic heterocycles. The molecule has 0 N–H and O–H groups in total. The minimum Gasteiger partial charge on any atom is -0.375 e. The normalized spacial score (nSPS) is 23.4. The van der Waals surface area contributed by atoms with Crippen LogP contribution in [0.5, 0.6) is 0 Å². The molecule has 0 aromatic carbocycles. The van der Waals surface area contributed by atoms with Crippen LogP contribution in [0.25, 0.3) is 0 Å². The summed E-state index contributed by atoms with van der Waals surface area (Å²) < 4.78 is 8.03. The highest BCUT2D eigenvalue weighted by Gasteiger charge is 2.64. The van der Waals surface area contributed by atoms with Crippen LogP contribution in [0, 0.1) is 11.8 Å². The maximum absolute atomic E-state index is 8.03. The Bertz CT molecular complexity index is 536. The average Bonchev–Trinajstić information content (AvgIpc) is 2.68. The number of rotatable bonds is 8. The van der Waals surface area contributed by atoms with Gasteiger partial charge in [-0.2, -0.15) is 0 Å². The van der Waals surface area contributed by atoms with Gasteiger partial charge in [-0.3, -0.25) is 0 Å². The molecule has 3 heteroatoms. The fourth-order valence-electron chi connectivity index (χ4n) is 6.95. The standard InChI is InChI=1S/C28H58OSi2/c1-23(2)25(5,6)30(9,10)27(19-15-13-16-20-27)29-28(21-17-14-18-22-28)31(11,12)26(7,8)24(3)4/h23-24H,13-22H2,1-12H3. The van der Waals surface area contributed by atoms with E-state index < -0.39 is 16.1 Å². The second kappa shape index (κ2) is 9.21. The van der Waals surface area contributed by atoms with E-state index in [1.54, 1.807) is 0 Å². The predicted molar refractivity (Wildman–Crippen MR) is 145 cm³/mol. The van der Waals surface area contributed by atoms with Gasteiger partial charge in [-0.1, -0.05) is 120 Å². The van der Waals surface area contributed by atoms with Crippen molar-refractivity contribution in [2.24, 2.45) is 11.8 Å². The van der Waals surface area contributed by atoms with Gasteiger partial charge in [0, 0.05) is 0 Å². The smallest absolute Gasteiger partial charge is 0.0912 e. The summed E-state index contributed by atoms with van der Waals surface area (Å²) in [6.07, 6.45) is 13.6. The first-order chi connectivity index (χ1) is 14.0. The van der Waals surface area contributed by atoms with Crippen LogP contribution in [0.4, 0.5) is 0 Å². The Kier molecular flexibility index (Phi) is 8.21. The second-order valence-corrected chi connectivity index (χ2v) is 25.1. The maximum atomic E-state index is 8.03. The molecule has 0 spiro atoms. The maximum Gasteiger partial charge on any atom is 0.0912 e. The Balaban J connectivity index is 2.64. The summed E-state index contributed by atoms with van der Waals surface area (Å²) in [5.74, 6) is 1.41. The third kappa shape index (κ3) is 4.43. The van der Waals surface area contributed by atoms with Crippen molar-refractivity contribution >= 4 is 16.1 Å². The van der Waals surface area contributed by atoms with Gasteiger partial charge in [0.15, 0.2) is 0 Å². The van der Waals surface area contributed by atoms with E-state index in [9.17, 15) is 0 Å². The van der Waals surface area contributed by atoms with E-state index in [4.69, 9.17) is 4.74 Å². The van der Waals surface area contributed by atoms with Gasteiger partial charge in [0.25, 0.3) is 0 Å². The first-order valence-corrected chi connectivity index (χ1v) is 19.7. The van der Waals surface area contributed by atoms with Gasteiger partial charge >= 0.3 is 0 Å². The summed E-state index contributed by atoms with van der Waals surface area (Å²) in [5, 5.41) is 1.04. The summed E-state index contributed by atoms with van der Waals surface area (Å²) in [4.78, 5) is 0. The average molecular weight is 467 g/mol. The van der Waals surface area contributed by atoms with Crippen molar-refractivity contribution in [2.45, 2.75) is 166 Å². The monoisotopic (exact) mass is 466 g/mol. The SMILES string of the molecule is CC(C)C(C)(C)[Si](C)(C)C1(OC2([Si](C)(C)C(C)(C)C(C)C)CCCCC2)CCCCC1. The lowest BCUT2D eigenvalue weighted by Gasteiger charge is -2.64. The highest BCUT2D eigenvalue weighted by Crippen LogP contribution is 2.60. The van der Waals surface area contributed by atoms with E-state index in [0.717, 1.165) is 0 Å². The third-order valence-corrected chi connectivity index (χ3v) is 25.5. The van der Waals surface area contributed by atoms with Crippen molar-refractivity contribution < 1.29 is 4.74 Å². The summed E-state index contributed by atoms with van der Waals surface area (Å²) in [5.41, 5.74) is 0. The quantitative estimate of drug-likeness (QED) is 0.323. The van der Waals surface area contributed by atoms with E-state index in [1.807, 2.05) is 0 Å². The predicted octanol–water partition coefficient (Wildman–Crippen LogP) is 9.78. The molecule has 0 heterocycles. The number of hydrogen-bond donors (Lipinski definition) is 0.